The average molecular weight is 329 g/mol. The van der Waals surface area contributed by atoms with E-state index in [4.69, 9.17) is 4.74 Å². The second kappa shape index (κ2) is 6.49. The van der Waals surface area contributed by atoms with Crippen LogP contribution in [0.25, 0.3) is 0 Å². The topological polar surface area (TPSA) is 102 Å². The van der Waals surface area contributed by atoms with Gasteiger partial charge in [0.1, 0.15) is 6.61 Å². The molecule has 1 saturated heterocycles. The molecule has 0 atom stereocenters. The van der Waals surface area contributed by atoms with Gasteiger partial charge in [0, 0.05) is 31.6 Å². The number of carbonyl (C=O) groups excluding carboxylic acids is 1. The normalized spacial score (nSPS) is 13.7. The number of cyclic esters (lactones) is 1. The van der Waals surface area contributed by atoms with Crippen LogP contribution in [0.5, 0.6) is 0 Å². The minimum Gasteiger partial charge on any atom is -0.447 e. The lowest BCUT2D eigenvalue weighted by Gasteiger charge is -2.25. The predicted octanol–water partition coefficient (Wildman–Crippen LogP) is 1.98. The molecule has 0 radical (unpaired) electrons. The molecule has 0 saturated carbocycles. The Labute approximate surface area is 137 Å². The van der Waals surface area contributed by atoms with Crippen LogP contribution in [0.1, 0.15) is 5.69 Å². The van der Waals surface area contributed by atoms with Gasteiger partial charge >= 0.3 is 6.09 Å². The summed E-state index contributed by atoms with van der Waals surface area (Å²) in [4.78, 5) is 33.9. The monoisotopic (exact) mass is 329 g/mol. The van der Waals surface area contributed by atoms with E-state index in [0.29, 0.717) is 24.5 Å². The van der Waals surface area contributed by atoms with Gasteiger partial charge in [-0.3, -0.25) is 25.0 Å². The molecule has 9 heteroatoms. The number of non-ortho nitro benzene ring substituents is 1. The molecule has 0 N–H and O–H groups in total. The summed E-state index contributed by atoms with van der Waals surface area (Å²) in [6, 6.07) is 4.41. The van der Waals surface area contributed by atoms with E-state index >= 15 is 0 Å². The summed E-state index contributed by atoms with van der Waals surface area (Å²) >= 11 is 0. The largest absolute Gasteiger partial charge is 0.447 e. The molecule has 1 amide bonds. The van der Waals surface area contributed by atoms with Crippen LogP contribution in [-0.4, -0.2) is 41.2 Å². The highest BCUT2D eigenvalue weighted by molar-refractivity contribution is 5.94. The number of aromatic nitrogens is 2. The van der Waals surface area contributed by atoms with Crippen molar-refractivity contribution in [1.29, 1.82) is 0 Å². The van der Waals surface area contributed by atoms with Crippen molar-refractivity contribution in [2.75, 3.05) is 30.0 Å². The van der Waals surface area contributed by atoms with E-state index < -0.39 is 11.0 Å². The van der Waals surface area contributed by atoms with Crippen molar-refractivity contribution < 1.29 is 14.5 Å². The van der Waals surface area contributed by atoms with E-state index in [9.17, 15) is 14.9 Å². The lowest BCUT2D eigenvalue weighted by molar-refractivity contribution is -0.384. The molecule has 1 aromatic heterocycles. The molecule has 1 aromatic carbocycles. The number of rotatable bonds is 5. The summed E-state index contributed by atoms with van der Waals surface area (Å²) in [5.74, 6) is 0. The molecule has 9 nitrogen and oxygen atoms in total. The van der Waals surface area contributed by atoms with E-state index in [1.807, 2.05) is 11.9 Å². The van der Waals surface area contributed by atoms with Crippen molar-refractivity contribution in [2.24, 2.45) is 0 Å². The molecule has 0 bridgehead atoms. The Hall–Kier alpha value is -3.23. The van der Waals surface area contributed by atoms with Crippen LogP contribution >= 0.6 is 0 Å². The summed E-state index contributed by atoms with van der Waals surface area (Å²) in [5.41, 5.74) is 1.78. The lowest BCUT2D eigenvalue weighted by Crippen LogP contribution is -2.27. The zero-order valence-corrected chi connectivity index (χ0v) is 13.0. The van der Waals surface area contributed by atoms with Crippen LogP contribution in [0.2, 0.25) is 0 Å². The molecule has 1 aliphatic heterocycles. The number of amides is 1. The van der Waals surface area contributed by atoms with Crippen molar-refractivity contribution in [2.45, 2.75) is 6.54 Å². The van der Waals surface area contributed by atoms with Gasteiger partial charge in [-0.1, -0.05) is 0 Å². The SMILES string of the molecule is CN(Cc1cnccn1)c1ccc([N+](=O)[O-])cc1N1CCOC1=O. The second-order valence-electron chi connectivity index (χ2n) is 5.25. The summed E-state index contributed by atoms with van der Waals surface area (Å²) in [6.45, 7) is 1.06. The summed E-state index contributed by atoms with van der Waals surface area (Å²) in [6.07, 6.45) is 4.31. The van der Waals surface area contributed by atoms with Crippen molar-refractivity contribution in [3.05, 3.63) is 52.6 Å². The first kappa shape index (κ1) is 15.7. The highest BCUT2D eigenvalue weighted by atomic mass is 16.6. The number of benzene rings is 1. The predicted molar refractivity (Wildman–Crippen MR) is 85.9 cm³/mol. The molecule has 1 fully saturated rings. The molecule has 124 valence electrons. The third-order valence-corrected chi connectivity index (χ3v) is 3.65. The van der Waals surface area contributed by atoms with Crippen LogP contribution in [0.15, 0.2) is 36.8 Å². The Kier molecular flexibility index (Phi) is 4.23. The number of nitro groups is 1. The van der Waals surface area contributed by atoms with Gasteiger partial charge in [0.25, 0.3) is 5.69 Å². The summed E-state index contributed by atoms with van der Waals surface area (Å²) in [5, 5.41) is 11.1. The third-order valence-electron chi connectivity index (χ3n) is 3.65. The van der Waals surface area contributed by atoms with Gasteiger partial charge < -0.3 is 9.64 Å². The van der Waals surface area contributed by atoms with Gasteiger partial charge in [-0.15, -0.1) is 0 Å². The van der Waals surface area contributed by atoms with Gasteiger partial charge in [0.05, 0.1) is 41.3 Å². The van der Waals surface area contributed by atoms with Crippen LogP contribution in [0.4, 0.5) is 21.9 Å². The summed E-state index contributed by atoms with van der Waals surface area (Å²) < 4.78 is 4.95. The molecule has 3 rings (SSSR count). The fourth-order valence-electron chi connectivity index (χ4n) is 2.52. The smallest absolute Gasteiger partial charge is 0.414 e. The lowest BCUT2D eigenvalue weighted by atomic mass is 10.2. The molecule has 0 aliphatic carbocycles. The standard InChI is InChI=1S/C15H15N5O4/c1-18(10-11-9-16-4-5-17-11)13-3-2-12(20(22)23)8-14(13)19-6-7-24-15(19)21/h2-5,8-9H,6-7,10H2,1H3. The first-order valence-electron chi connectivity index (χ1n) is 7.25. The van der Waals surface area contributed by atoms with E-state index in [-0.39, 0.29) is 12.3 Å². The van der Waals surface area contributed by atoms with Crippen molar-refractivity contribution >= 4 is 23.2 Å². The maximum atomic E-state index is 11.9. The third kappa shape index (κ3) is 3.09. The number of hydrogen-bond acceptors (Lipinski definition) is 7. The minimum atomic E-state index is -0.510. The highest BCUT2D eigenvalue weighted by Gasteiger charge is 2.28. The van der Waals surface area contributed by atoms with E-state index in [1.165, 1.54) is 17.0 Å². The Balaban J connectivity index is 1.96. The second-order valence-corrected chi connectivity index (χ2v) is 5.25. The fourth-order valence-corrected chi connectivity index (χ4v) is 2.52. The zero-order valence-electron chi connectivity index (χ0n) is 13.0. The Morgan fingerprint density at radius 3 is 2.88 bits per heavy atom. The molecule has 1 aliphatic rings. The Morgan fingerprint density at radius 2 is 2.25 bits per heavy atom. The molecular formula is C15H15N5O4. The van der Waals surface area contributed by atoms with E-state index in [1.54, 1.807) is 24.7 Å². The summed E-state index contributed by atoms with van der Waals surface area (Å²) in [7, 11) is 1.82. The van der Waals surface area contributed by atoms with Gasteiger partial charge in [0.2, 0.25) is 0 Å². The van der Waals surface area contributed by atoms with Crippen LogP contribution < -0.4 is 9.80 Å². The Bertz CT molecular complexity index is 768. The number of ether oxygens (including phenoxy) is 1. The molecule has 2 heterocycles. The van der Waals surface area contributed by atoms with E-state index in [2.05, 4.69) is 9.97 Å². The number of hydrogen-bond donors (Lipinski definition) is 0. The molecule has 0 spiro atoms. The molecule has 0 unspecified atom stereocenters. The molecule has 2 aromatic rings. The molecule has 24 heavy (non-hydrogen) atoms. The van der Waals surface area contributed by atoms with Crippen LogP contribution in [-0.2, 0) is 11.3 Å². The number of nitrogens with zero attached hydrogens (tertiary/aromatic N) is 5. The van der Waals surface area contributed by atoms with Crippen molar-refractivity contribution in [3.8, 4) is 0 Å². The quantitative estimate of drug-likeness (QED) is 0.610. The van der Waals surface area contributed by atoms with Crippen LogP contribution in [0, 0.1) is 10.1 Å². The van der Waals surface area contributed by atoms with Crippen molar-refractivity contribution in [3.63, 3.8) is 0 Å². The van der Waals surface area contributed by atoms with Crippen LogP contribution in [0.3, 0.4) is 0 Å². The van der Waals surface area contributed by atoms with Crippen molar-refractivity contribution in [1.82, 2.24) is 9.97 Å². The minimum absolute atomic E-state index is 0.0821. The van der Waals surface area contributed by atoms with Gasteiger partial charge in [-0.25, -0.2) is 4.79 Å². The maximum Gasteiger partial charge on any atom is 0.414 e. The van der Waals surface area contributed by atoms with Gasteiger partial charge in [-0.2, -0.15) is 0 Å². The van der Waals surface area contributed by atoms with Gasteiger partial charge in [-0.05, 0) is 6.07 Å². The fraction of sp³-hybridized carbons (Fsp3) is 0.267. The first-order chi connectivity index (χ1) is 11.6. The van der Waals surface area contributed by atoms with E-state index in [0.717, 1.165) is 5.69 Å². The number of anilines is 2. The first-order valence-corrected chi connectivity index (χ1v) is 7.25. The Morgan fingerprint density at radius 1 is 1.42 bits per heavy atom. The van der Waals surface area contributed by atoms with Gasteiger partial charge in [0.15, 0.2) is 0 Å². The number of carbonyl (C=O) groups is 1. The average Bonchev–Trinajstić information content (AvgIpc) is 3.01. The maximum absolute atomic E-state index is 11.9. The number of nitro benzene ring substituents is 1. The molecular weight excluding hydrogens is 314 g/mol. The highest BCUT2D eigenvalue weighted by Crippen LogP contribution is 2.34. The zero-order chi connectivity index (χ0) is 17.1.